The molecule has 1 atom stereocenters. The van der Waals surface area contributed by atoms with Gasteiger partial charge < -0.3 is 15.2 Å². The van der Waals surface area contributed by atoms with Crippen molar-refractivity contribution in [2.24, 2.45) is 0 Å². The molecule has 1 aliphatic rings. The fraction of sp³-hybridized carbons (Fsp3) is 0.571. The summed E-state index contributed by atoms with van der Waals surface area (Å²) >= 11 is 0. The molecule has 1 unspecified atom stereocenters. The number of nitrogen functional groups attached to an aromatic ring is 1. The van der Waals surface area contributed by atoms with Crippen molar-refractivity contribution in [3.8, 4) is 5.75 Å². The van der Waals surface area contributed by atoms with E-state index in [1.807, 2.05) is 0 Å². The summed E-state index contributed by atoms with van der Waals surface area (Å²) in [4.78, 5) is 0.168. The average molecular weight is 314 g/mol. The van der Waals surface area contributed by atoms with E-state index in [0.29, 0.717) is 18.0 Å². The van der Waals surface area contributed by atoms with E-state index in [1.165, 1.54) is 26.2 Å². The summed E-state index contributed by atoms with van der Waals surface area (Å²) in [6.45, 7) is 1.13. The SMILES string of the molecule is CN(C)S(=O)(=O)c1ccc(N)c(OCC2CCCCO2)c1. The second-order valence-electron chi connectivity index (χ2n) is 5.29. The van der Waals surface area contributed by atoms with Crippen LogP contribution in [0.1, 0.15) is 19.3 Å². The molecule has 0 amide bonds. The summed E-state index contributed by atoms with van der Waals surface area (Å²) in [6.07, 6.45) is 3.20. The number of benzene rings is 1. The summed E-state index contributed by atoms with van der Waals surface area (Å²) in [6, 6.07) is 4.50. The molecule has 1 fully saturated rings. The Hall–Kier alpha value is -1.31. The summed E-state index contributed by atoms with van der Waals surface area (Å²) in [5.41, 5.74) is 6.27. The van der Waals surface area contributed by atoms with Crippen molar-refractivity contribution in [1.82, 2.24) is 4.31 Å². The zero-order valence-corrected chi connectivity index (χ0v) is 13.2. The van der Waals surface area contributed by atoms with Crippen molar-refractivity contribution in [2.75, 3.05) is 33.0 Å². The zero-order chi connectivity index (χ0) is 15.5. The van der Waals surface area contributed by atoms with Gasteiger partial charge >= 0.3 is 0 Å². The first-order valence-corrected chi connectivity index (χ1v) is 8.41. The zero-order valence-electron chi connectivity index (χ0n) is 12.4. The van der Waals surface area contributed by atoms with Crippen LogP contribution in [0.4, 0.5) is 5.69 Å². The molecule has 7 heteroatoms. The minimum atomic E-state index is -3.49. The van der Waals surface area contributed by atoms with Crippen molar-refractivity contribution >= 4 is 15.7 Å². The van der Waals surface area contributed by atoms with E-state index in [4.69, 9.17) is 15.2 Å². The third-order valence-corrected chi connectivity index (χ3v) is 5.27. The molecule has 0 bridgehead atoms. The highest BCUT2D eigenvalue weighted by atomic mass is 32.2. The molecule has 1 aromatic rings. The Morgan fingerprint density at radius 2 is 2.14 bits per heavy atom. The van der Waals surface area contributed by atoms with Crippen LogP contribution in [0.2, 0.25) is 0 Å². The number of nitrogens with two attached hydrogens (primary N) is 1. The van der Waals surface area contributed by atoms with Crippen LogP contribution >= 0.6 is 0 Å². The summed E-state index contributed by atoms with van der Waals surface area (Å²) < 4.78 is 36.6. The van der Waals surface area contributed by atoms with E-state index in [2.05, 4.69) is 0 Å². The molecule has 118 valence electrons. The van der Waals surface area contributed by atoms with Crippen LogP contribution in [0.25, 0.3) is 0 Å². The number of hydrogen-bond acceptors (Lipinski definition) is 5. The topological polar surface area (TPSA) is 81.9 Å². The molecule has 1 saturated heterocycles. The highest BCUT2D eigenvalue weighted by Crippen LogP contribution is 2.27. The Balaban J connectivity index is 2.12. The minimum Gasteiger partial charge on any atom is -0.489 e. The van der Waals surface area contributed by atoms with Gasteiger partial charge in [0.05, 0.1) is 16.7 Å². The van der Waals surface area contributed by atoms with E-state index in [1.54, 1.807) is 6.07 Å². The van der Waals surface area contributed by atoms with Gasteiger partial charge in [-0.1, -0.05) is 0 Å². The molecule has 2 N–H and O–H groups in total. The monoisotopic (exact) mass is 314 g/mol. The van der Waals surface area contributed by atoms with Gasteiger partial charge in [-0.3, -0.25) is 0 Å². The van der Waals surface area contributed by atoms with Crippen molar-refractivity contribution in [2.45, 2.75) is 30.3 Å². The molecule has 1 heterocycles. The first kappa shape index (κ1) is 16.1. The highest BCUT2D eigenvalue weighted by molar-refractivity contribution is 7.89. The second-order valence-corrected chi connectivity index (χ2v) is 7.44. The van der Waals surface area contributed by atoms with Crippen molar-refractivity contribution in [3.05, 3.63) is 18.2 Å². The second kappa shape index (κ2) is 6.64. The van der Waals surface area contributed by atoms with Gasteiger partial charge in [-0.05, 0) is 31.4 Å². The average Bonchev–Trinajstić information content (AvgIpc) is 2.47. The summed E-state index contributed by atoms with van der Waals surface area (Å²) in [7, 11) is -0.516. The van der Waals surface area contributed by atoms with Crippen LogP contribution in [-0.4, -0.2) is 46.1 Å². The maximum absolute atomic E-state index is 12.1. The number of nitrogens with zero attached hydrogens (tertiary/aromatic N) is 1. The Morgan fingerprint density at radius 3 is 2.76 bits per heavy atom. The van der Waals surface area contributed by atoms with Gasteiger partial charge in [0.25, 0.3) is 0 Å². The molecule has 0 aromatic heterocycles. The quantitative estimate of drug-likeness (QED) is 0.832. The maximum atomic E-state index is 12.1. The molecule has 0 aliphatic carbocycles. The van der Waals surface area contributed by atoms with Crippen LogP contribution in [0, 0.1) is 0 Å². The van der Waals surface area contributed by atoms with Gasteiger partial charge in [0.15, 0.2) is 0 Å². The number of anilines is 1. The Labute approximate surface area is 125 Å². The fourth-order valence-electron chi connectivity index (χ4n) is 2.13. The third-order valence-electron chi connectivity index (χ3n) is 3.46. The Bertz CT molecular complexity index is 581. The summed E-state index contributed by atoms with van der Waals surface area (Å²) in [5.74, 6) is 0.382. The van der Waals surface area contributed by atoms with E-state index >= 15 is 0 Å². The first-order chi connectivity index (χ1) is 9.91. The van der Waals surface area contributed by atoms with Crippen molar-refractivity contribution in [3.63, 3.8) is 0 Å². The largest absolute Gasteiger partial charge is 0.489 e. The highest BCUT2D eigenvalue weighted by Gasteiger charge is 2.20. The van der Waals surface area contributed by atoms with Crippen LogP contribution < -0.4 is 10.5 Å². The molecule has 1 aliphatic heterocycles. The van der Waals surface area contributed by atoms with Crippen molar-refractivity contribution in [1.29, 1.82) is 0 Å². The standard InChI is InChI=1S/C14H22N2O4S/c1-16(2)21(17,18)12-6-7-13(15)14(9-12)20-10-11-5-3-4-8-19-11/h6-7,9,11H,3-5,8,10,15H2,1-2H3. The molecule has 1 aromatic carbocycles. The lowest BCUT2D eigenvalue weighted by Crippen LogP contribution is -2.26. The fourth-order valence-corrected chi connectivity index (χ4v) is 3.05. The molecule has 21 heavy (non-hydrogen) atoms. The van der Waals surface area contributed by atoms with Gasteiger partial charge in [-0.2, -0.15) is 0 Å². The van der Waals surface area contributed by atoms with E-state index in [0.717, 1.165) is 30.2 Å². The van der Waals surface area contributed by atoms with Gasteiger partial charge in [0.2, 0.25) is 10.0 Å². The smallest absolute Gasteiger partial charge is 0.242 e. The van der Waals surface area contributed by atoms with E-state index in [-0.39, 0.29) is 11.0 Å². The molecule has 0 spiro atoms. The first-order valence-electron chi connectivity index (χ1n) is 6.97. The molecule has 0 saturated carbocycles. The summed E-state index contributed by atoms with van der Waals surface area (Å²) in [5, 5.41) is 0. The minimum absolute atomic E-state index is 0.0484. The predicted molar refractivity (Wildman–Crippen MR) is 80.8 cm³/mol. The lowest BCUT2D eigenvalue weighted by Gasteiger charge is -2.23. The van der Waals surface area contributed by atoms with Gasteiger partial charge in [-0.25, -0.2) is 12.7 Å². The number of hydrogen-bond donors (Lipinski definition) is 1. The normalized spacial score (nSPS) is 19.7. The number of ether oxygens (including phenoxy) is 2. The van der Waals surface area contributed by atoms with Gasteiger partial charge in [-0.15, -0.1) is 0 Å². The Kier molecular flexibility index (Phi) is 5.08. The van der Waals surface area contributed by atoms with E-state index < -0.39 is 10.0 Å². The molecule has 6 nitrogen and oxygen atoms in total. The molecule has 2 rings (SSSR count). The Morgan fingerprint density at radius 1 is 1.38 bits per heavy atom. The molecule has 0 radical (unpaired) electrons. The lowest BCUT2D eigenvalue weighted by molar-refractivity contribution is -0.0109. The number of rotatable bonds is 5. The third kappa shape index (κ3) is 3.87. The molecular formula is C14H22N2O4S. The van der Waals surface area contributed by atoms with Crippen LogP contribution in [-0.2, 0) is 14.8 Å². The van der Waals surface area contributed by atoms with E-state index in [9.17, 15) is 8.42 Å². The van der Waals surface area contributed by atoms with Crippen LogP contribution in [0.3, 0.4) is 0 Å². The van der Waals surface area contributed by atoms with Crippen molar-refractivity contribution < 1.29 is 17.9 Å². The molecular weight excluding hydrogens is 292 g/mol. The van der Waals surface area contributed by atoms with Crippen LogP contribution in [0.15, 0.2) is 23.1 Å². The maximum Gasteiger partial charge on any atom is 0.242 e. The number of sulfonamides is 1. The van der Waals surface area contributed by atoms with Crippen LogP contribution in [0.5, 0.6) is 5.75 Å². The van der Waals surface area contributed by atoms with Gasteiger partial charge in [0.1, 0.15) is 12.4 Å². The predicted octanol–water partition coefficient (Wildman–Crippen LogP) is 1.47. The van der Waals surface area contributed by atoms with Gasteiger partial charge in [0, 0.05) is 26.8 Å². The lowest BCUT2D eigenvalue weighted by atomic mass is 10.1.